The Morgan fingerprint density at radius 2 is 2.18 bits per heavy atom. The van der Waals surface area contributed by atoms with Crippen LogP contribution >= 0.6 is 0 Å². The van der Waals surface area contributed by atoms with Crippen molar-refractivity contribution in [1.29, 1.82) is 0 Å². The summed E-state index contributed by atoms with van der Waals surface area (Å²) in [6.45, 7) is 4.48. The van der Waals surface area contributed by atoms with Crippen LogP contribution in [0.15, 0.2) is 24.3 Å². The molecule has 1 aromatic carbocycles. The highest BCUT2D eigenvalue weighted by Gasteiger charge is 2.11. The number of benzene rings is 1. The second kappa shape index (κ2) is 5.63. The van der Waals surface area contributed by atoms with Crippen molar-refractivity contribution in [1.82, 2.24) is 25.1 Å². The normalized spacial score (nSPS) is 11.0. The van der Waals surface area contributed by atoms with Crippen LogP contribution in [0.25, 0.3) is 11.0 Å². The predicted molar refractivity (Wildman–Crippen MR) is 84.8 cm³/mol. The number of H-pyrrole nitrogens is 1. The molecular weight excluding hydrogens is 278 g/mol. The van der Waals surface area contributed by atoms with Crippen molar-refractivity contribution < 1.29 is 4.79 Å². The number of imidazole rings is 1. The van der Waals surface area contributed by atoms with Gasteiger partial charge in [-0.2, -0.15) is 5.10 Å². The van der Waals surface area contributed by atoms with E-state index in [9.17, 15) is 4.79 Å². The summed E-state index contributed by atoms with van der Waals surface area (Å²) in [6, 6.07) is 7.83. The molecule has 0 saturated heterocycles. The van der Waals surface area contributed by atoms with E-state index in [1.54, 1.807) is 10.7 Å². The van der Waals surface area contributed by atoms with Gasteiger partial charge in [-0.05, 0) is 31.5 Å². The van der Waals surface area contributed by atoms with Crippen molar-refractivity contribution in [2.75, 3.05) is 6.54 Å². The van der Waals surface area contributed by atoms with Gasteiger partial charge in [0, 0.05) is 25.7 Å². The summed E-state index contributed by atoms with van der Waals surface area (Å²) in [4.78, 5) is 19.9. The molecule has 0 aliphatic rings. The van der Waals surface area contributed by atoms with Gasteiger partial charge in [0.05, 0.1) is 11.0 Å². The second-order valence-electron chi connectivity index (χ2n) is 5.46. The van der Waals surface area contributed by atoms with E-state index < -0.39 is 0 Å². The van der Waals surface area contributed by atoms with Crippen LogP contribution in [0.3, 0.4) is 0 Å². The maximum absolute atomic E-state index is 12.0. The van der Waals surface area contributed by atoms with Gasteiger partial charge in [-0.15, -0.1) is 0 Å². The van der Waals surface area contributed by atoms with Crippen molar-refractivity contribution in [3.05, 3.63) is 47.0 Å². The molecule has 3 rings (SSSR count). The summed E-state index contributed by atoms with van der Waals surface area (Å²) >= 11 is 0. The topological polar surface area (TPSA) is 75.6 Å². The van der Waals surface area contributed by atoms with E-state index in [1.165, 1.54) is 0 Å². The number of aryl methyl sites for hydroxylation is 3. The number of fused-ring (bicyclic) bond motifs is 1. The summed E-state index contributed by atoms with van der Waals surface area (Å²) in [5.74, 6) is 0.720. The average Bonchev–Trinajstić information content (AvgIpc) is 3.04. The van der Waals surface area contributed by atoms with E-state index in [1.807, 2.05) is 39.1 Å². The van der Waals surface area contributed by atoms with Crippen molar-refractivity contribution in [2.45, 2.75) is 20.3 Å². The van der Waals surface area contributed by atoms with Crippen LogP contribution in [-0.2, 0) is 13.5 Å². The van der Waals surface area contributed by atoms with Crippen LogP contribution in [0.1, 0.15) is 27.6 Å². The van der Waals surface area contributed by atoms with Crippen LogP contribution in [0.5, 0.6) is 0 Å². The Kier molecular flexibility index (Phi) is 3.66. The highest BCUT2D eigenvalue weighted by molar-refractivity contribution is 5.92. The zero-order chi connectivity index (χ0) is 15.7. The SMILES string of the molecule is Cc1cccc2[nH]c(CCNC(=O)c3cc(C)n(C)n3)nc12. The molecule has 0 unspecified atom stereocenters. The van der Waals surface area contributed by atoms with Crippen LogP contribution in [-0.4, -0.2) is 32.2 Å². The van der Waals surface area contributed by atoms with Crippen LogP contribution < -0.4 is 5.32 Å². The summed E-state index contributed by atoms with van der Waals surface area (Å²) < 4.78 is 1.69. The smallest absolute Gasteiger partial charge is 0.271 e. The summed E-state index contributed by atoms with van der Waals surface area (Å²) in [6.07, 6.45) is 0.658. The minimum absolute atomic E-state index is 0.156. The summed E-state index contributed by atoms with van der Waals surface area (Å²) in [7, 11) is 1.82. The summed E-state index contributed by atoms with van der Waals surface area (Å²) in [5.41, 5.74) is 4.57. The van der Waals surface area contributed by atoms with E-state index in [4.69, 9.17) is 0 Å². The van der Waals surface area contributed by atoms with Crippen LogP contribution in [0, 0.1) is 13.8 Å². The number of hydrogen-bond acceptors (Lipinski definition) is 3. The molecule has 0 spiro atoms. The molecule has 0 atom stereocenters. The standard InChI is InChI=1S/C16H19N5O/c1-10-5-4-6-12-15(10)19-14(18-12)7-8-17-16(22)13-9-11(2)21(3)20-13/h4-6,9H,7-8H2,1-3H3,(H,17,22)(H,18,19). The molecule has 2 aromatic heterocycles. The molecule has 1 amide bonds. The fraction of sp³-hybridized carbons (Fsp3) is 0.312. The molecule has 0 bridgehead atoms. The maximum atomic E-state index is 12.0. The number of carbonyl (C=O) groups is 1. The van der Waals surface area contributed by atoms with Gasteiger partial charge in [0.2, 0.25) is 0 Å². The van der Waals surface area contributed by atoms with Gasteiger partial charge in [0.25, 0.3) is 5.91 Å². The quantitative estimate of drug-likeness (QED) is 0.772. The fourth-order valence-corrected chi connectivity index (χ4v) is 2.40. The molecule has 114 valence electrons. The van der Waals surface area contributed by atoms with Crippen molar-refractivity contribution >= 4 is 16.9 Å². The number of carbonyl (C=O) groups excluding carboxylic acids is 1. The Labute approximate surface area is 128 Å². The minimum atomic E-state index is -0.156. The van der Waals surface area contributed by atoms with Gasteiger partial charge >= 0.3 is 0 Å². The number of rotatable bonds is 4. The van der Waals surface area contributed by atoms with E-state index in [0.717, 1.165) is 28.1 Å². The number of para-hydroxylation sites is 1. The van der Waals surface area contributed by atoms with E-state index in [0.29, 0.717) is 18.7 Å². The minimum Gasteiger partial charge on any atom is -0.350 e. The number of amides is 1. The monoisotopic (exact) mass is 297 g/mol. The molecule has 6 nitrogen and oxygen atoms in total. The lowest BCUT2D eigenvalue weighted by Crippen LogP contribution is -2.26. The first-order valence-corrected chi connectivity index (χ1v) is 7.27. The van der Waals surface area contributed by atoms with Gasteiger partial charge in [0.15, 0.2) is 0 Å². The molecule has 0 radical (unpaired) electrons. The Bertz CT molecular complexity index is 811. The molecule has 3 aromatic rings. The van der Waals surface area contributed by atoms with Gasteiger partial charge in [-0.3, -0.25) is 9.48 Å². The highest BCUT2D eigenvalue weighted by atomic mass is 16.1. The van der Waals surface area contributed by atoms with Crippen molar-refractivity contribution in [3.8, 4) is 0 Å². The van der Waals surface area contributed by atoms with E-state index in [-0.39, 0.29) is 5.91 Å². The van der Waals surface area contributed by atoms with Gasteiger partial charge < -0.3 is 10.3 Å². The zero-order valence-electron chi connectivity index (χ0n) is 13.0. The number of nitrogens with zero attached hydrogens (tertiary/aromatic N) is 3. The molecule has 0 fully saturated rings. The molecule has 0 aliphatic carbocycles. The second-order valence-corrected chi connectivity index (χ2v) is 5.46. The lowest BCUT2D eigenvalue weighted by Gasteiger charge is -2.00. The maximum Gasteiger partial charge on any atom is 0.271 e. The van der Waals surface area contributed by atoms with Gasteiger partial charge in [-0.1, -0.05) is 12.1 Å². The molecule has 6 heteroatoms. The Morgan fingerprint density at radius 3 is 2.86 bits per heavy atom. The first kappa shape index (κ1) is 14.3. The van der Waals surface area contributed by atoms with E-state index >= 15 is 0 Å². The number of nitrogens with one attached hydrogen (secondary N) is 2. The lowest BCUT2D eigenvalue weighted by atomic mass is 10.2. The van der Waals surface area contributed by atoms with Gasteiger partial charge in [-0.25, -0.2) is 4.98 Å². The van der Waals surface area contributed by atoms with Crippen molar-refractivity contribution in [2.24, 2.45) is 7.05 Å². The average molecular weight is 297 g/mol. The van der Waals surface area contributed by atoms with Crippen molar-refractivity contribution in [3.63, 3.8) is 0 Å². The first-order valence-electron chi connectivity index (χ1n) is 7.27. The zero-order valence-corrected chi connectivity index (χ0v) is 13.0. The molecular formula is C16H19N5O. The molecule has 22 heavy (non-hydrogen) atoms. The third kappa shape index (κ3) is 2.72. The largest absolute Gasteiger partial charge is 0.350 e. The lowest BCUT2D eigenvalue weighted by molar-refractivity contribution is 0.0948. The van der Waals surface area contributed by atoms with Crippen LogP contribution in [0.2, 0.25) is 0 Å². The Morgan fingerprint density at radius 1 is 1.36 bits per heavy atom. The molecule has 2 heterocycles. The number of aromatic nitrogens is 4. The number of aromatic amines is 1. The van der Waals surface area contributed by atoms with E-state index in [2.05, 4.69) is 20.4 Å². The third-order valence-electron chi connectivity index (χ3n) is 3.76. The highest BCUT2D eigenvalue weighted by Crippen LogP contribution is 2.15. The Balaban J connectivity index is 1.62. The molecule has 2 N–H and O–H groups in total. The first-order chi connectivity index (χ1) is 10.5. The number of hydrogen-bond donors (Lipinski definition) is 2. The third-order valence-corrected chi connectivity index (χ3v) is 3.76. The molecule has 0 aliphatic heterocycles. The fourth-order valence-electron chi connectivity index (χ4n) is 2.40. The van der Waals surface area contributed by atoms with Gasteiger partial charge in [0.1, 0.15) is 11.5 Å². The summed E-state index contributed by atoms with van der Waals surface area (Å²) in [5, 5.41) is 7.04. The Hall–Kier alpha value is -2.63. The predicted octanol–water partition coefficient (Wildman–Crippen LogP) is 1.89. The van der Waals surface area contributed by atoms with Crippen LogP contribution in [0.4, 0.5) is 0 Å². The molecule has 0 saturated carbocycles.